The lowest BCUT2D eigenvalue weighted by molar-refractivity contribution is 0.339. The number of nitrogens with two attached hydrogens (primary N) is 1. The molecule has 0 saturated heterocycles. The number of anilines is 1. The van der Waals surface area contributed by atoms with E-state index in [1.54, 1.807) is 11.8 Å². The number of halogens is 1. The molecule has 20 heavy (non-hydrogen) atoms. The number of ether oxygens (including phenoxy) is 1. The van der Waals surface area contributed by atoms with Crippen LogP contribution >= 0.6 is 27.7 Å². The Hall–Kier alpha value is -1.14. The zero-order valence-electron chi connectivity index (χ0n) is 11.8. The van der Waals surface area contributed by atoms with Gasteiger partial charge in [0.15, 0.2) is 0 Å². The van der Waals surface area contributed by atoms with Gasteiger partial charge in [0.1, 0.15) is 5.75 Å². The largest absolute Gasteiger partial charge is 0.494 e. The molecule has 0 unspecified atom stereocenters. The number of nitrogens with zero attached hydrogens (tertiary/aromatic N) is 2. The minimum absolute atomic E-state index is 0.653. The maximum atomic E-state index is 6.02. The number of rotatable bonds is 5. The van der Waals surface area contributed by atoms with Crippen LogP contribution in [0, 0.1) is 6.92 Å². The lowest BCUT2D eigenvalue weighted by atomic mass is 10.3. The number of hydrogen-bond acceptors (Lipinski definition) is 4. The summed E-state index contributed by atoms with van der Waals surface area (Å²) < 4.78 is 8.47. The number of nitrogen functional groups attached to an aromatic ring is 1. The van der Waals surface area contributed by atoms with Crippen molar-refractivity contribution in [1.82, 2.24) is 9.78 Å². The zero-order valence-corrected chi connectivity index (χ0v) is 14.2. The van der Waals surface area contributed by atoms with Gasteiger partial charge >= 0.3 is 0 Å². The second kappa shape index (κ2) is 6.54. The number of hydrogen-bond donors (Lipinski definition) is 1. The van der Waals surface area contributed by atoms with Crippen molar-refractivity contribution < 1.29 is 4.74 Å². The van der Waals surface area contributed by atoms with E-state index in [2.05, 4.69) is 21.0 Å². The summed E-state index contributed by atoms with van der Waals surface area (Å²) in [6.07, 6.45) is 0. The molecular formula is C14H18BrN3OS. The standard InChI is InChI=1S/C14H18BrN3OS/c1-4-19-10-5-6-11(16)13(7-10)20-8-12-14(15)9(2)17-18(12)3/h5-7H,4,8,16H2,1-3H3. The van der Waals surface area contributed by atoms with E-state index < -0.39 is 0 Å². The first-order valence-electron chi connectivity index (χ1n) is 6.36. The van der Waals surface area contributed by atoms with Crippen molar-refractivity contribution in [3.63, 3.8) is 0 Å². The molecule has 1 aromatic heterocycles. The minimum Gasteiger partial charge on any atom is -0.494 e. The Balaban J connectivity index is 2.16. The van der Waals surface area contributed by atoms with E-state index in [1.165, 1.54) is 0 Å². The van der Waals surface area contributed by atoms with Crippen LogP contribution in [-0.2, 0) is 12.8 Å². The van der Waals surface area contributed by atoms with E-state index in [-0.39, 0.29) is 0 Å². The van der Waals surface area contributed by atoms with Crippen LogP contribution in [0.1, 0.15) is 18.3 Å². The molecule has 0 spiro atoms. The average Bonchev–Trinajstić information content (AvgIpc) is 2.65. The highest BCUT2D eigenvalue weighted by Gasteiger charge is 2.12. The quantitative estimate of drug-likeness (QED) is 0.655. The predicted octanol–water partition coefficient (Wildman–Crippen LogP) is 3.76. The molecule has 0 amide bonds. The van der Waals surface area contributed by atoms with E-state index >= 15 is 0 Å². The van der Waals surface area contributed by atoms with Crippen molar-refractivity contribution in [2.24, 2.45) is 7.05 Å². The van der Waals surface area contributed by atoms with E-state index in [0.717, 1.165) is 37.9 Å². The van der Waals surface area contributed by atoms with E-state index in [4.69, 9.17) is 10.5 Å². The van der Waals surface area contributed by atoms with Crippen LogP contribution in [0.15, 0.2) is 27.6 Å². The normalized spacial score (nSPS) is 10.8. The highest BCUT2D eigenvalue weighted by Crippen LogP contribution is 2.33. The Bertz CT molecular complexity index is 613. The molecule has 0 aliphatic carbocycles. The average molecular weight is 356 g/mol. The van der Waals surface area contributed by atoms with Crippen molar-refractivity contribution >= 4 is 33.4 Å². The molecule has 0 atom stereocenters. The van der Waals surface area contributed by atoms with Crippen LogP contribution in [0.25, 0.3) is 0 Å². The summed E-state index contributed by atoms with van der Waals surface area (Å²) in [5.74, 6) is 1.65. The number of aryl methyl sites for hydroxylation is 2. The molecule has 0 bridgehead atoms. The third-order valence-electron chi connectivity index (χ3n) is 2.92. The molecule has 1 heterocycles. The summed E-state index contributed by atoms with van der Waals surface area (Å²) in [4.78, 5) is 1.03. The Kier molecular flexibility index (Phi) is 4.99. The van der Waals surface area contributed by atoms with Crippen LogP contribution in [-0.4, -0.2) is 16.4 Å². The minimum atomic E-state index is 0.653. The number of thioether (sulfide) groups is 1. The van der Waals surface area contributed by atoms with Gasteiger partial charge in [-0.05, 0) is 48.0 Å². The fourth-order valence-corrected chi connectivity index (χ4v) is 3.60. The molecule has 6 heteroatoms. The van der Waals surface area contributed by atoms with Gasteiger partial charge in [0, 0.05) is 23.4 Å². The first kappa shape index (κ1) is 15.3. The summed E-state index contributed by atoms with van der Waals surface area (Å²) in [6, 6.07) is 5.77. The second-order valence-corrected chi connectivity index (χ2v) is 6.20. The summed E-state index contributed by atoms with van der Waals surface area (Å²) in [6.45, 7) is 4.61. The lowest BCUT2D eigenvalue weighted by Crippen LogP contribution is -1.98. The van der Waals surface area contributed by atoms with Gasteiger partial charge in [0.25, 0.3) is 0 Å². The zero-order chi connectivity index (χ0) is 14.7. The third-order valence-corrected chi connectivity index (χ3v) is 5.04. The van der Waals surface area contributed by atoms with Gasteiger partial charge in [0.05, 0.1) is 22.5 Å². The van der Waals surface area contributed by atoms with E-state index in [9.17, 15) is 0 Å². The molecule has 2 N–H and O–H groups in total. The Labute approximate surface area is 131 Å². The van der Waals surface area contributed by atoms with Gasteiger partial charge < -0.3 is 10.5 Å². The highest BCUT2D eigenvalue weighted by molar-refractivity contribution is 9.10. The number of benzene rings is 1. The highest BCUT2D eigenvalue weighted by atomic mass is 79.9. The van der Waals surface area contributed by atoms with E-state index in [0.29, 0.717) is 6.61 Å². The molecule has 0 radical (unpaired) electrons. The van der Waals surface area contributed by atoms with Crippen molar-refractivity contribution in [3.05, 3.63) is 34.1 Å². The monoisotopic (exact) mass is 355 g/mol. The fraction of sp³-hybridized carbons (Fsp3) is 0.357. The number of aromatic nitrogens is 2. The van der Waals surface area contributed by atoms with Crippen LogP contribution in [0.3, 0.4) is 0 Å². The summed E-state index contributed by atoms with van der Waals surface area (Å²) in [7, 11) is 1.95. The van der Waals surface area contributed by atoms with Gasteiger partial charge in [0.2, 0.25) is 0 Å². The molecule has 108 valence electrons. The topological polar surface area (TPSA) is 53.1 Å². The molecule has 0 fully saturated rings. The summed E-state index contributed by atoms with van der Waals surface area (Å²) in [5.41, 5.74) is 8.94. The molecule has 0 aliphatic heterocycles. The molecule has 2 aromatic rings. The molecule has 0 aliphatic rings. The van der Waals surface area contributed by atoms with Crippen LogP contribution in [0.2, 0.25) is 0 Å². The van der Waals surface area contributed by atoms with Gasteiger partial charge in [-0.3, -0.25) is 4.68 Å². The molecule has 4 nitrogen and oxygen atoms in total. The molecule has 2 rings (SSSR count). The van der Waals surface area contributed by atoms with Gasteiger partial charge in [-0.1, -0.05) is 0 Å². The lowest BCUT2D eigenvalue weighted by Gasteiger charge is -2.09. The Morgan fingerprint density at radius 1 is 1.45 bits per heavy atom. The summed E-state index contributed by atoms with van der Waals surface area (Å²) in [5, 5.41) is 4.39. The predicted molar refractivity (Wildman–Crippen MR) is 87.2 cm³/mol. The van der Waals surface area contributed by atoms with Gasteiger partial charge in [-0.25, -0.2) is 0 Å². The first-order valence-corrected chi connectivity index (χ1v) is 8.13. The first-order chi connectivity index (χ1) is 9.52. The fourth-order valence-electron chi connectivity index (χ4n) is 1.88. The van der Waals surface area contributed by atoms with Crippen LogP contribution < -0.4 is 10.5 Å². The van der Waals surface area contributed by atoms with Crippen molar-refractivity contribution in [1.29, 1.82) is 0 Å². The van der Waals surface area contributed by atoms with Crippen molar-refractivity contribution in [3.8, 4) is 5.75 Å². The third kappa shape index (κ3) is 3.30. The Morgan fingerprint density at radius 2 is 2.20 bits per heavy atom. The maximum Gasteiger partial charge on any atom is 0.120 e. The van der Waals surface area contributed by atoms with Crippen LogP contribution in [0.4, 0.5) is 5.69 Å². The smallest absolute Gasteiger partial charge is 0.120 e. The molecular weight excluding hydrogens is 338 g/mol. The summed E-state index contributed by atoms with van der Waals surface area (Å²) >= 11 is 5.27. The second-order valence-electron chi connectivity index (χ2n) is 4.39. The molecule has 1 aromatic carbocycles. The Morgan fingerprint density at radius 3 is 2.80 bits per heavy atom. The van der Waals surface area contributed by atoms with E-state index in [1.807, 2.05) is 43.8 Å². The van der Waals surface area contributed by atoms with Crippen molar-refractivity contribution in [2.75, 3.05) is 12.3 Å². The maximum absolute atomic E-state index is 6.02. The SMILES string of the molecule is CCOc1ccc(N)c(SCc2c(Br)c(C)nn2C)c1. The molecule has 0 saturated carbocycles. The van der Waals surface area contributed by atoms with Crippen molar-refractivity contribution in [2.45, 2.75) is 24.5 Å². The van der Waals surface area contributed by atoms with Gasteiger partial charge in [-0.15, -0.1) is 11.8 Å². The van der Waals surface area contributed by atoms with Gasteiger partial charge in [-0.2, -0.15) is 5.10 Å². The van der Waals surface area contributed by atoms with Crippen LogP contribution in [0.5, 0.6) is 5.75 Å².